The number of phenols is 1. The first-order valence-corrected chi connectivity index (χ1v) is 9.84. The summed E-state index contributed by atoms with van der Waals surface area (Å²) in [5, 5.41) is 27.6. The quantitative estimate of drug-likeness (QED) is 0.200. The smallest absolute Gasteiger partial charge is 0.322 e. The largest absolute Gasteiger partial charge is 0.508 e. The van der Waals surface area contributed by atoms with Crippen molar-refractivity contribution < 1.29 is 34.2 Å². The minimum absolute atomic E-state index is 0.0229. The minimum atomic E-state index is -1.24. The van der Waals surface area contributed by atoms with Crippen molar-refractivity contribution in [3.63, 3.8) is 0 Å². The fourth-order valence-corrected chi connectivity index (χ4v) is 2.48. The number of amides is 4. The molecule has 12 heteroatoms. The van der Waals surface area contributed by atoms with E-state index in [0.29, 0.717) is 5.56 Å². The van der Waals surface area contributed by atoms with Gasteiger partial charge in [0, 0.05) is 6.42 Å². The summed E-state index contributed by atoms with van der Waals surface area (Å²) in [5.41, 5.74) is 6.08. The Kier molecular flexibility index (Phi) is 10.1. The van der Waals surface area contributed by atoms with Crippen LogP contribution >= 0.6 is 0 Å². The molecule has 0 saturated heterocycles. The molecular weight excluding hydrogens is 422 g/mol. The second-order valence-electron chi connectivity index (χ2n) is 7.29. The van der Waals surface area contributed by atoms with Gasteiger partial charge in [0.1, 0.15) is 30.4 Å². The van der Waals surface area contributed by atoms with E-state index in [1.165, 1.54) is 32.9 Å². The highest BCUT2D eigenvalue weighted by Gasteiger charge is 2.27. The lowest BCUT2D eigenvalue weighted by Gasteiger charge is -2.23. The topological polar surface area (TPSA) is 200 Å². The number of hydrogen-bond acceptors (Lipinski definition) is 7. The number of carbonyl (C=O) groups is 5. The van der Waals surface area contributed by atoms with Crippen LogP contribution < -0.4 is 27.0 Å². The predicted molar refractivity (Wildman–Crippen MR) is 113 cm³/mol. The standard InChI is InChI=1S/C20H29N5O7/c1-10(21)17(29)23-12(3)19(31)25-15(8-13-4-6-14(26)7-5-13)20(32)24-11(2)18(30)22-9-16(27)28/h4-7,10-12,15,26H,8-9,21H2,1-3H3,(H,22,30)(H,23,29)(H,24,32)(H,25,31)(H,27,28)/t10-,11-,12-,15-/m0/s1. The second kappa shape index (κ2) is 12.2. The van der Waals surface area contributed by atoms with Gasteiger partial charge < -0.3 is 37.2 Å². The van der Waals surface area contributed by atoms with Gasteiger partial charge in [-0.15, -0.1) is 0 Å². The predicted octanol–water partition coefficient (Wildman–Crippen LogP) is -2.02. The first-order valence-electron chi connectivity index (χ1n) is 9.84. The highest BCUT2D eigenvalue weighted by atomic mass is 16.4. The van der Waals surface area contributed by atoms with Crippen LogP contribution in [0.4, 0.5) is 0 Å². The number of nitrogens with two attached hydrogens (primary N) is 1. The van der Waals surface area contributed by atoms with Crippen molar-refractivity contribution in [3.05, 3.63) is 29.8 Å². The molecule has 32 heavy (non-hydrogen) atoms. The Morgan fingerprint density at radius 1 is 0.844 bits per heavy atom. The number of hydrogen-bond donors (Lipinski definition) is 7. The van der Waals surface area contributed by atoms with Gasteiger partial charge in [0.05, 0.1) is 6.04 Å². The van der Waals surface area contributed by atoms with Crippen molar-refractivity contribution in [1.29, 1.82) is 0 Å². The molecule has 0 heterocycles. The van der Waals surface area contributed by atoms with Crippen molar-refractivity contribution >= 4 is 29.6 Å². The molecular formula is C20H29N5O7. The van der Waals surface area contributed by atoms with Gasteiger partial charge in [-0.25, -0.2) is 0 Å². The number of phenolic OH excluding ortho intramolecular Hbond substituents is 1. The van der Waals surface area contributed by atoms with Crippen LogP contribution in [0.25, 0.3) is 0 Å². The molecule has 0 unspecified atom stereocenters. The van der Waals surface area contributed by atoms with Crippen LogP contribution in [-0.2, 0) is 30.4 Å². The maximum atomic E-state index is 12.8. The lowest BCUT2D eigenvalue weighted by atomic mass is 10.0. The van der Waals surface area contributed by atoms with Gasteiger partial charge in [0.15, 0.2) is 0 Å². The highest BCUT2D eigenvalue weighted by Crippen LogP contribution is 2.11. The van der Waals surface area contributed by atoms with Gasteiger partial charge in [0.2, 0.25) is 23.6 Å². The Balaban J connectivity index is 2.91. The van der Waals surface area contributed by atoms with E-state index in [1.807, 2.05) is 0 Å². The number of benzene rings is 1. The Bertz CT molecular complexity index is 841. The maximum Gasteiger partial charge on any atom is 0.322 e. The van der Waals surface area contributed by atoms with E-state index in [1.54, 1.807) is 12.1 Å². The molecule has 0 aliphatic rings. The Labute approximate surface area is 184 Å². The average Bonchev–Trinajstić information content (AvgIpc) is 2.72. The molecule has 0 aliphatic carbocycles. The number of carboxylic acids is 1. The van der Waals surface area contributed by atoms with E-state index in [2.05, 4.69) is 21.3 Å². The van der Waals surface area contributed by atoms with E-state index >= 15 is 0 Å². The second-order valence-corrected chi connectivity index (χ2v) is 7.29. The van der Waals surface area contributed by atoms with Gasteiger partial charge in [-0.2, -0.15) is 0 Å². The SMILES string of the molecule is C[C@H](N)C(=O)N[C@@H](C)C(=O)N[C@@H](Cc1ccc(O)cc1)C(=O)N[C@@H](C)C(=O)NCC(=O)O. The molecule has 0 radical (unpaired) electrons. The third-order valence-corrected chi connectivity index (χ3v) is 4.34. The van der Waals surface area contributed by atoms with Crippen molar-refractivity contribution in [2.75, 3.05) is 6.54 Å². The third-order valence-electron chi connectivity index (χ3n) is 4.34. The molecule has 0 spiro atoms. The monoisotopic (exact) mass is 451 g/mol. The van der Waals surface area contributed by atoms with Crippen molar-refractivity contribution in [2.45, 2.75) is 51.4 Å². The molecule has 1 aromatic carbocycles. The first kappa shape index (κ1) is 26.4. The normalized spacial score (nSPS) is 14.2. The van der Waals surface area contributed by atoms with E-state index in [-0.39, 0.29) is 12.2 Å². The summed E-state index contributed by atoms with van der Waals surface area (Å²) >= 11 is 0. The van der Waals surface area contributed by atoms with Gasteiger partial charge >= 0.3 is 5.97 Å². The summed E-state index contributed by atoms with van der Waals surface area (Å²) in [6.45, 7) is 3.63. The summed E-state index contributed by atoms with van der Waals surface area (Å²) in [6, 6.07) is 1.94. The molecule has 0 saturated carbocycles. The number of carbonyl (C=O) groups excluding carboxylic acids is 4. The Morgan fingerprint density at radius 3 is 1.91 bits per heavy atom. The van der Waals surface area contributed by atoms with Gasteiger partial charge in [-0.05, 0) is 38.5 Å². The molecule has 0 aromatic heterocycles. The van der Waals surface area contributed by atoms with Crippen LogP contribution in [0.3, 0.4) is 0 Å². The first-order chi connectivity index (χ1) is 14.9. The van der Waals surface area contributed by atoms with Crippen LogP contribution in [0.1, 0.15) is 26.3 Å². The Morgan fingerprint density at radius 2 is 1.38 bits per heavy atom. The summed E-state index contributed by atoms with van der Waals surface area (Å²) < 4.78 is 0. The summed E-state index contributed by atoms with van der Waals surface area (Å²) in [6.07, 6.45) is 0.0231. The van der Waals surface area contributed by atoms with E-state index in [0.717, 1.165) is 0 Å². The van der Waals surface area contributed by atoms with Crippen LogP contribution in [0, 0.1) is 0 Å². The van der Waals surface area contributed by atoms with Gasteiger partial charge in [0.25, 0.3) is 0 Å². The molecule has 4 atom stereocenters. The zero-order chi connectivity index (χ0) is 24.4. The number of rotatable bonds is 11. The van der Waals surface area contributed by atoms with E-state index in [9.17, 15) is 29.1 Å². The van der Waals surface area contributed by atoms with Gasteiger partial charge in [-0.1, -0.05) is 12.1 Å². The zero-order valence-electron chi connectivity index (χ0n) is 18.0. The molecule has 0 aliphatic heterocycles. The van der Waals surface area contributed by atoms with Crippen LogP contribution in [0.2, 0.25) is 0 Å². The van der Waals surface area contributed by atoms with Crippen LogP contribution in [0.15, 0.2) is 24.3 Å². The van der Waals surface area contributed by atoms with Crippen molar-refractivity contribution in [3.8, 4) is 5.75 Å². The zero-order valence-corrected chi connectivity index (χ0v) is 18.0. The summed E-state index contributed by atoms with van der Waals surface area (Å²) in [4.78, 5) is 59.6. The molecule has 0 fully saturated rings. The fraction of sp³-hybridized carbons (Fsp3) is 0.450. The number of aliphatic carboxylic acids is 1. The number of nitrogens with one attached hydrogen (secondary N) is 4. The number of aromatic hydroxyl groups is 1. The van der Waals surface area contributed by atoms with E-state index < -0.39 is 60.3 Å². The molecule has 4 amide bonds. The lowest BCUT2D eigenvalue weighted by molar-refractivity contribution is -0.138. The van der Waals surface area contributed by atoms with Crippen molar-refractivity contribution in [1.82, 2.24) is 21.3 Å². The summed E-state index contributed by atoms with van der Waals surface area (Å²) in [7, 11) is 0. The third kappa shape index (κ3) is 9.00. The molecule has 12 nitrogen and oxygen atoms in total. The molecule has 1 rings (SSSR count). The highest BCUT2D eigenvalue weighted by molar-refractivity contribution is 5.95. The van der Waals surface area contributed by atoms with Crippen LogP contribution in [0.5, 0.6) is 5.75 Å². The molecule has 8 N–H and O–H groups in total. The van der Waals surface area contributed by atoms with Crippen LogP contribution in [-0.4, -0.2) is 70.5 Å². The minimum Gasteiger partial charge on any atom is -0.508 e. The lowest BCUT2D eigenvalue weighted by Crippen LogP contribution is -2.57. The van der Waals surface area contributed by atoms with Crippen molar-refractivity contribution in [2.24, 2.45) is 5.73 Å². The summed E-state index contributed by atoms with van der Waals surface area (Å²) in [5.74, 6) is -3.83. The maximum absolute atomic E-state index is 12.8. The van der Waals surface area contributed by atoms with Gasteiger partial charge in [-0.3, -0.25) is 24.0 Å². The average molecular weight is 451 g/mol. The molecule has 176 valence electrons. The number of carboxylic acid groups (broad SMARTS) is 1. The van der Waals surface area contributed by atoms with E-state index in [4.69, 9.17) is 10.8 Å². The molecule has 0 bridgehead atoms. The Hall–Kier alpha value is -3.67. The molecule has 1 aromatic rings. The fourth-order valence-electron chi connectivity index (χ4n) is 2.48.